The van der Waals surface area contributed by atoms with Crippen LogP contribution in [-0.2, 0) is 11.4 Å². The Balaban J connectivity index is 1.27. The van der Waals surface area contributed by atoms with Gasteiger partial charge < -0.3 is 14.4 Å². The van der Waals surface area contributed by atoms with Crippen LogP contribution < -0.4 is 9.47 Å². The minimum Gasteiger partial charge on any atom is -0.485 e. The van der Waals surface area contributed by atoms with E-state index >= 15 is 0 Å². The Labute approximate surface area is 219 Å². The maximum atomic E-state index is 11.5. The predicted octanol–water partition coefficient (Wildman–Crippen LogP) is 3.95. The second-order valence-corrected chi connectivity index (χ2v) is 8.29. The maximum absolute atomic E-state index is 11.5. The number of carbonyl (C=O) groups excluding carboxylic acids is 1. The maximum Gasteiger partial charge on any atom is 0.246 e. The Morgan fingerprint density at radius 2 is 1.92 bits per heavy atom. The second kappa shape index (κ2) is 11.2. The molecule has 0 bridgehead atoms. The summed E-state index contributed by atoms with van der Waals surface area (Å²) in [6.07, 6.45) is 2.94. The van der Waals surface area contributed by atoms with Crippen molar-refractivity contribution in [3.05, 3.63) is 91.4 Å². The summed E-state index contributed by atoms with van der Waals surface area (Å²) >= 11 is 0. The molecule has 0 saturated heterocycles. The lowest BCUT2D eigenvalue weighted by molar-refractivity contribution is -0.124. The van der Waals surface area contributed by atoms with Gasteiger partial charge in [-0.1, -0.05) is 48.8 Å². The first-order valence-electron chi connectivity index (χ1n) is 11.9. The number of benzene rings is 2. The molecule has 0 fully saturated rings. The quantitative estimate of drug-likeness (QED) is 0.233. The number of pyridine rings is 1. The lowest BCUT2D eigenvalue weighted by Gasteiger charge is -2.10. The number of rotatable bonds is 8. The van der Waals surface area contributed by atoms with Crippen LogP contribution >= 0.6 is 0 Å². The van der Waals surface area contributed by atoms with Crippen LogP contribution in [0.15, 0.2) is 85.6 Å². The Morgan fingerprint density at radius 3 is 2.76 bits per heavy atom. The molecule has 0 radical (unpaired) electrons. The standard InChI is InChI=1S/C29H24N6O3/c1-3-29(36)34(2)17-7-8-18-37-22-11-12-23-25(19-22)30-16-15-26(23)38-20-28-32-31-27-14-13-24(33-35(27)28)21-9-5-4-6-10-21/h3-6,9-16,19H,1,17-18,20H2,2H3. The van der Waals surface area contributed by atoms with Crippen molar-refractivity contribution in [3.8, 4) is 34.6 Å². The van der Waals surface area contributed by atoms with Crippen LogP contribution in [0.2, 0.25) is 0 Å². The van der Waals surface area contributed by atoms with Crippen LogP contribution in [0.3, 0.4) is 0 Å². The topological polar surface area (TPSA) is 94.7 Å². The number of likely N-dealkylation sites (N-methyl/N-ethyl adjacent to an activating group) is 1. The zero-order valence-corrected chi connectivity index (χ0v) is 20.7. The number of fused-ring (bicyclic) bond motifs is 2. The third-order valence-corrected chi connectivity index (χ3v) is 5.73. The fourth-order valence-electron chi connectivity index (χ4n) is 3.72. The highest BCUT2D eigenvalue weighted by Gasteiger charge is 2.11. The van der Waals surface area contributed by atoms with E-state index in [0.29, 0.717) is 29.5 Å². The zero-order valence-electron chi connectivity index (χ0n) is 20.7. The van der Waals surface area contributed by atoms with Crippen LogP contribution in [0.5, 0.6) is 11.5 Å². The second-order valence-electron chi connectivity index (χ2n) is 8.29. The van der Waals surface area contributed by atoms with Gasteiger partial charge in [0.15, 0.2) is 11.5 Å². The van der Waals surface area contributed by atoms with Gasteiger partial charge in [0.2, 0.25) is 5.91 Å². The monoisotopic (exact) mass is 504 g/mol. The highest BCUT2D eigenvalue weighted by Crippen LogP contribution is 2.28. The Kier molecular flexibility index (Phi) is 7.23. The molecular formula is C29H24N6O3. The Bertz CT molecular complexity index is 1670. The average molecular weight is 505 g/mol. The molecule has 0 spiro atoms. The van der Waals surface area contributed by atoms with Crippen LogP contribution in [0.1, 0.15) is 5.82 Å². The first-order valence-corrected chi connectivity index (χ1v) is 11.9. The van der Waals surface area contributed by atoms with Gasteiger partial charge >= 0.3 is 0 Å². The van der Waals surface area contributed by atoms with Crippen molar-refractivity contribution in [2.24, 2.45) is 0 Å². The molecule has 3 heterocycles. The fourth-order valence-corrected chi connectivity index (χ4v) is 3.72. The molecule has 9 nitrogen and oxygen atoms in total. The average Bonchev–Trinajstić information content (AvgIpc) is 3.37. The molecule has 0 aliphatic carbocycles. The fraction of sp³-hybridized carbons (Fsp3) is 0.138. The van der Waals surface area contributed by atoms with E-state index in [0.717, 1.165) is 22.2 Å². The van der Waals surface area contributed by atoms with Gasteiger partial charge in [0.25, 0.3) is 0 Å². The molecule has 0 aliphatic rings. The Hall–Kier alpha value is -5.23. The SMILES string of the molecule is C=CC(=O)N(C)CC#CCOc1ccc2c(OCc3nnc4ccc(-c5ccccc5)nn34)ccnc2c1. The van der Waals surface area contributed by atoms with E-state index < -0.39 is 0 Å². The van der Waals surface area contributed by atoms with Crippen molar-refractivity contribution >= 4 is 22.5 Å². The summed E-state index contributed by atoms with van der Waals surface area (Å²) in [5.74, 6) is 7.50. The molecule has 0 unspecified atom stereocenters. The van der Waals surface area contributed by atoms with Gasteiger partial charge in [0.05, 0.1) is 17.8 Å². The Morgan fingerprint density at radius 1 is 1.05 bits per heavy atom. The molecular weight excluding hydrogens is 480 g/mol. The summed E-state index contributed by atoms with van der Waals surface area (Å²) in [5, 5.41) is 14.0. The molecule has 3 aromatic heterocycles. The van der Waals surface area contributed by atoms with Crippen molar-refractivity contribution in [3.63, 3.8) is 0 Å². The van der Waals surface area contributed by atoms with Gasteiger partial charge in [0.1, 0.15) is 24.7 Å². The van der Waals surface area contributed by atoms with Crippen molar-refractivity contribution in [2.45, 2.75) is 6.61 Å². The van der Waals surface area contributed by atoms with Crippen molar-refractivity contribution in [1.29, 1.82) is 0 Å². The van der Waals surface area contributed by atoms with Crippen LogP contribution in [0.25, 0.3) is 27.8 Å². The van der Waals surface area contributed by atoms with Gasteiger partial charge in [-0.25, -0.2) is 0 Å². The van der Waals surface area contributed by atoms with Crippen molar-refractivity contribution in [1.82, 2.24) is 29.7 Å². The largest absolute Gasteiger partial charge is 0.485 e. The number of ether oxygens (including phenoxy) is 2. The highest BCUT2D eigenvalue weighted by atomic mass is 16.5. The summed E-state index contributed by atoms with van der Waals surface area (Å²) in [4.78, 5) is 17.4. The summed E-state index contributed by atoms with van der Waals surface area (Å²) in [6, 6.07) is 21.1. The number of nitrogens with zero attached hydrogens (tertiary/aromatic N) is 6. The molecule has 38 heavy (non-hydrogen) atoms. The number of hydrogen-bond acceptors (Lipinski definition) is 7. The molecule has 0 atom stereocenters. The van der Waals surface area contributed by atoms with Crippen LogP contribution in [0, 0.1) is 11.8 Å². The number of aromatic nitrogens is 5. The molecule has 0 saturated carbocycles. The molecule has 2 aromatic carbocycles. The van der Waals surface area contributed by atoms with Crippen LogP contribution in [-0.4, -0.2) is 55.8 Å². The number of carbonyl (C=O) groups is 1. The first-order chi connectivity index (χ1) is 18.6. The zero-order chi connectivity index (χ0) is 26.3. The third-order valence-electron chi connectivity index (χ3n) is 5.73. The minimum absolute atomic E-state index is 0.177. The molecule has 5 rings (SSSR count). The number of hydrogen-bond donors (Lipinski definition) is 0. The smallest absolute Gasteiger partial charge is 0.246 e. The molecule has 5 aromatic rings. The van der Waals surface area contributed by atoms with E-state index in [9.17, 15) is 4.79 Å². The molecule has 0 aliphatic heterocycles. The third kappa shape index (κ3) is 5.44. The molecule has 1 amide bonds. The van der Waals surface area contributed by atoms with Gasteiger partial charge in [0, 0.05) is 30.3 Å². The van der Waals surface area contributed by atoms with E-state index in [1.807, 2.05) is 60.7 Å². The van der Waals surface area contributed by atoms with Crippen molar-refractivity contribution in [2.75, 3.05) is 20.2 Å². The lowest BCUT2D eigenvalue weighted by Crippen LogP contribution is -2.24. The first kappa shape index (κ1) is 24.5. The summed E-state index contributed by atoms with van der Waals surface area (Å²) in [6.45, 7) is 4.14. The van der Waals surface area contributed by atoms with E-state index in [1.165, 1.54) is 11.0 Å². The van der Waals surface area contributed by atoms with E-state index in [4.69, 9.17) is 14.6 Å². The molecule has 0 N–H and O–H groups in total. The summed E-state index contributed by atoms with van der Waals surface area (Å²) in [7, 11) is 1.66. The van der Waals surface area contributed by atoms with Crippen molar-refractivity contribution < 1.29 is 14.3 Å². The van der Waals surface area contributed by atoms with Gasteiger partial charge in [-0.15, -0.1) is 10.2 Å². The lowest BCUT2D eigenvalue weighted by atomic mass is 10.1. The van der Waals surface area contributed by atoms with E-state index in [-0.39, 0.29) is 19.1 Å². The number of amides is 1. The summed E-state index contributed by atoms with van der Waals surface area (Å²) in [5.41, 5.74) is 3.20. The van der Waals surface area contributed by atoms with Gasteiger partial charge in [-0.05, 0) is 36.4 Å². The van der Waals surface area contributed by atoms with Gasteiger partial charge in [-0.2, -0.15) is 9.61 Å². The minimum atomic E-state index is -0.177. The van der Waals surface area contributed by atoms with E-state index in [1.54, 1.807) is 23.8 Å². The van der Waals surface area contributed by atoms with E-state index in [2.05, 4.69) is 33.6 Å². The molecule has 9 heteroatoms. The van der Waals surface area contributed by atoms with Gasteiger partial charge in [-0.3, -0.25) is 9.78 Å². The normalized spacial score (nSPS) is 10.6. The molecule has 188 valence electrons. The highest BCUT2D eigenvalue weighted by molar-refractivity contribution is 5.87. The summed E-state index contributed by atoms with van der Waals surface area (Å²) < 4.78 is 13.5. The predicted molar refractivity (Wildman–Crippen MR) is 143 cm³/mol. The van der Waals surface area contributed by atoms with Crippen LogP contribution in [0.4, 0.5) is 0 Å².